The van der Waals surface area contributed by atoms with Crippen LogP contribution in [0.4, 0.5) is 8.78 Å². The molecule has 0 saturated heterocycles. The number of hydrogen-bond donors (Lipinski definition) is 1. The molecular formula is C8H6ClF2NO3. The van der Waals surface area contributed by atoms with Gasteiger partial charge in [-0.3, -0.25) is 0 Å². The summed E-state index contributed by atoms with van der Waals surface area (Å²) in [7, 11) is 1.14. The maximum atomic E-state index is 12.3. The van der Waals surface area contributed by atoms with Gasteiger partial charge in [-0.1, -0.05) is 11.6 Å². The van der Waals surface area contributed by atoms with Gasteiger partial charge in [-0.15, -0.1) is 0 Å². The Morgan fingerprint density at radius 3 is 2.67 bits per heavy atom. The predicted octanol–water partition coefficient (Wildman–Crippen LogP) is 2.38. The standard InChI is InChI=1S/C8H6ClF2NO3/c1-15-7-3(8(13)14)2-4(9)5(12-7)6(10)11/h2,6H,1H3,(H,13,14). The number of carbonyl (C=O) groups is 1. The molecule has 1 N–H and O–H groups in total. The fraction of sp³-hybridized carbons (Fsp3) is 0.250. The zero-order chi connectivity index (χ0) is 11.6. The van der Waals surface area contributed by atoms with E-state index in [-0.39, 0.29) is 11.4 Å². The minimum absolute atomic E-state index is 0.355. The number of ether oxygens (including phenoxy) is 1. The molecule has 1 aromatic rings. The number of alkyl halides is 2. The van der Waals surface area contributed by atoms with E-state index in [0.29, 0.717) is 0 Å². The number of carboxylic acid groups (broad SMARTS) is 1. The van der Waals surface area contributed by atoms with Crippen molar-refractivity contribution in [3.63, 3.8) is 0 Å². The molecule has 82 valence electrons. The van der Waals surface area contributed by atoms with Crippen LogP contribution < -0.4 is 4.74 Å². The van der Waals surface area contributed by atoms with Gasteiger partial charge in [0.25, 0.3) is 6.43 Å². The van der Waals surface area contributed by atoms with E-state index in [1.807, 2.05) is 0 Å². The molecule has 0 spiro atoms. The van der Waals surface area contributed by atoms with Gasteiger partial charge in [0, 0.05) is 0 Å². The molecule has 4 nitrogen and oxygen atoms in total. The molecule has 15 heavy (non-hydrogen) atoms. The van der Waals surface area contributed by atoms with Crippen LogP contribution in [-0.2, 0) is 0 Å². The molecule has 1 aromatic heterocycles. The lowest BCUT2D eigenvalue weighted by atomic mass is 10.2. The van der Waals surface area contributed by atoms with Crippen LogP contribution in [0, 0.1) is 0 Å². The molecule has 0 aliphatic rings. The molecular weight excluding hydrogens is 232 g/mol. The molecule has 0 amide bonds. The van der Waals surface area contributed by atoms with Gasteiger partial charge in [0.15, 0.2) is 0 Å². The Balaban J connectivity index is 3.35. The van der Waals surface area contributed by atoms with Crippen molar-refractivity contribution < 1.29 is 23.4 Å². The summed E-state index contributed by atoms with van der Waals surface area (Å²) in [6, 6.07) is 0.886. The Morgan fingerprint density at radius 1 is 1.67 bits per heavy atom. The Kier molecular flexibility index (Phi) is 3.41. The summed E-state index contributed by atoms with van der Waals surface area (Å²) in [5.74, 6) is -1.73. The van der Waals surface area contributed by atoms with Gasteiger partial charge in [0.1, 0.15) is 11.3 Å². The van der Waals surface area contributed by atoms with Gasteiger partial charge in [-0.2, -0.15) is 0 Å². The third-order valence-electron chi connectivity index (χ3n) is 1.60. The predicted molar refractivity (Wildman–Crippen MR) is 47.7 cm³/mol. The van der Waals surface area contributed by atoms with Gasteiger partial charge in [0.05, 0.1) is 12.1 Å². The molecule has 0 aromatic carbocycles. The van der Waals surface area contributed by atoms with Crippen LogP contribution in [0.2, 0.25) is 5.02 Å². The van der Waals surface area contributed by atoms with E-state index < -0.39 is 23.1 Å². The summed E-state index contributed by atoms with van der Waals surface area (Å²) >= 11 is 5.44. The second-order valence-corrected chi connectivity index (χ2v) is 2.93. The van der Waals surface area contributed by atoms with Crippen LogP contribution in [0.15, 0.2) is 6.07 Å². The van der Waals surface area contributed by atoms with Crippen LogP contribution in [0.3, 0.4) is 0 Å². The van der Waals surface area contributed by atoms with Gasteiger partial charge < -0.3 is 9.84 Å². The number of halogens is 3. The maximum Gasteiger partial charge on any atom is 0.341 e. The summed E-state index contributed by atoms with van der Waals surface area (Å²) in [5.41, 5.74) is -1.05. The first-order valence-corrected chi connectivity index (χ1v) is 4.11. The van der Waals surface area contributed by atoms with Crippen molar-refractivity contribution in [3.8, 4) is 5.88 Å². The highest BCUT2D eigenvalue weighted by molar-refractivity contribution is 6.31. The molecule has 7 heteroatoms. The minimum Gasteiger partial charge on any atom is -0.480 e. The molecule has 0 fully saturated rings. The average molecular weight is 238 g/mol. The van der Waals surface area contributed by atoms with Crippen molar-refractivity contribution in [1.29, 1.82) is 0 Å². The SMILES string of the molecule is COc1nc(C(F)F)c(Cl)cc1C(=O)O. The summed E-state index contributed by atoms with van der Waals surface area (Å²) in [5, 5.41) is 8.28. The minimum atomic E-state index is -2.88. The first-order chi connectivity index (χ1) is 6.97. The quantitative estimate of drug-likeness (QED) is 0.877. The van der Waals surface area contributed by atoms with Crippen molar-refractivity contribution in [2.45, 2.75) is 6.43 Å². The number of aromatic carboxylic acids is 1. The molecule has 1 rings (SSSR count). The number of nitrogens with zero attached hydrogens (tertiary/aromatic N) is 1. The lowest BCUT2D eigenvalue weighted by molar-refractivity contribution is 0.0691. The monoisotopic (exact) mass is 237 g/mol. The summed E-state index contributed by atoms with van der Waals surface area (Å²) in [4.78, 5) is 14.0. The molecule has 0 bridgehead atoms. The summed E-state index contributed by atoms with van der Waals surface area (Å²) in [6.07, 6.45) is -2.88. The van der Waals surface area contributed by atoms with Crippen LogP contribution in [0.1, 0.15) is 22.5 Å². The highest BCUT2D eigenvalue weighted by Crippen LogP contribution is 2.29. The lowest BCUT2D eigenvalue weighted by Crippen LogP contribution is -2.05. The van der Waals surface area contributed by atoms with E-state index in [1.165, 1.54) is 0 Å². The van der Waals surface area contributed by atoms with Gasteiger partial charge in [0.2, 0.25) is 5.88 Å². The molecule has 0 aliphatic heterocycles. The number of aromatic nitrogens is 1. The van der Waals surface area contributed by atoms with E-state index in [4.69, 9.17) is 16.7 Å². The number of pyridine rings is 1. The Labute approximate surface area is 88.4 Å². The van der Waals surface area contributed by atoms with Gasteiger partial charge in [-0.25, -0.2) is 18.6 Å². The van der Waals surface area contributed by atoms with E-state index in [9.17, 15) is 13.6 Å². The summed E-state index contributed by atoms with van der Waals surface area (Å²) in [6.45, 7) is 0. The van der Waals surface area contributed by atoms with Crippen LogP contribution in [0.25, 0.3) is 0 Å². The molecule has 0 atom stereocenters. The molecule has 1 heterocycles. The first kappa shape index (κ1) is 11.6. The second-order valence-electron chi connectivity index (χ2n) is 2.52. The first-order valence-electron chi connectivity index (χ1n) is 3.73. The normalized spacial score (nSPS) is 10.5. The Hall–Kier alpha value is -1.43. The van der Waals surface area contributed by atoms with Crippen molar-refractivity contribution in [2.24, 2.45) is 0 Å². The largest absolute Gasteiger partial charge is 0.480 e. The van der Waals surface area contributed by atoms with Gasteiger partial charge in [-0.05, 0) is 6.07 Å². The number of rotatable bonds is 3. The van der Waals surface area contributed by atoms with E-state index in [2.05, 4.69) is 9.72 Å². The highest BCUT2D eigenvalue weighted by atomic mass is 35.5. The molecule has 0 radical (unpaired) electrons. The smallest absolute Gasteiger partial charge is 0.341 e. The van der Waals surface area contributed by atoms with Crippen molar-refractivity contribution in [1.82, 2.24) is 4.98 Å². The number of methoxy groups -OCH3 is 1. The highest BCUT2D eigenvalue weighted by Gasteiger charge is 2.21. The zero-order valence-electron chi connectivity index (χ0n) is 7.50. The number of hydrogen-bond acceptors (Lipinski definition) is 3. The maximum absolute atomic E-state index is 12.3. The molecule has 0 saturated carbocycles. The van der Waals surface area contributed by atoms with Crippen molar-refractivity contribution >= 4 is 17.6 Å². The fourth-order valence-electron chi connectivity index (χ4n) is 0.947. The zero-order valence-corrected chi connectivity index (χ0v) is 8.26. The molecule has 0 aliphatic carbocycles. The topological polar surface area (TPSA) is 59.4 Å². The van der Waals surface area contributed by atoms with E-state index in [0.717, 1.165) is 13.2 Å². The van der Waals surface area contributed by atoms with Crippen molar-refractivity contribution in [2.75, 3.05) is 7.11 Å². The van der Waals surface area contributed by atoms with E-state index in [1.54, 1.807) is 0 Å². The fourth-order valence-corrected chi connectivity index (χ4v) is 1.18. The summed E-state index contributed by atoms with van der Waals surface area (Å²) < 4.78 is 29.2. The van der Waals surface area contributed by atoms with Crippen LogP contribution in [-0.4, -0.2) is 23.2 Å². The average Bonchev–Trinajstić information content (AvgIpc) is 2.16. The Morgan fingerprint density at radius 2 is 2.27 bits per heavy atom. The Bertz CT molecular complexity index is 398. The third kappa shape index (κ3) is 2.33. The second kappa shape index (κ2) is 4.39. The van der Waals surface area contributed by atoms with E-state index >= 15 is 0 Å². The van der Waals surface area contributed by atoms with Crippen LogP contribution in [0.5, 0.6) is 5.88 Å². The van der Waals surface area contributed by atoms with Gasteiger partial charge >= 0.3 is 5.97 Å². The third-order valence-corrected chi connectivity index (χ3v) is 1.90. The van der Waals surface area contributed by atoms with Crippen molar-refractivity contribution in [3.05, 3.63) is 22.3 Å². The molecule has 0 unspecified atom stereocenters. The van der Waals surface area contributed by atoms with Crippen LogP contribution >= 0.6 is 11.6 Å². The lowest BCUT2D eigenvalue weighted by Gasteiger charge is -2.07. The number of carboxylic acids is 1.